The zero-order chi connectivity index (χ0) is 11.3. The Hall–Kier alpha value is 0.243. The maximum Gasteiger partial charge on any atom is -0.153 e. The van der Waals surface area contributed by atoms with Crippen molar-refractivity contribution in [3.8, 4) is 0 Å². The molecule has 1 rings (SSSR count). The molecule has 0 heterocycles. The third-order valence-electron chi connectivity index (χ3n) is 1.17. The predicted octanol–water partition coefficient (Wildman–Crippen LogP) is -1.30. The fourth-order valence-corrected chi connectivity index (χ4v) is 1.11. The normalized spacial score (nSPS) is 11.8. The molecule has 0 atom stereocenters. The van der Waals surface area contributed by atoms with Crippen LogP contribution in [0.5, 0.6) is 0 Å². The molecule has 1 aliphatic carbocycles. The van der Waals surface area contributed by atoms with Crippen LogP contribution in [0, 0.1) is 0 Å². The van der Waals surface area contributed by atoms with E-state index in [2.05, 4.69) is 19.1 Å². The molecule has 0 saturated carbocycles. The minimum absolute atomic E-state index is 0.750. The molecule has 0 saturated heterocycles. The molecular weight excluding hydrogens is 247 g/mol. The van der Waals surface area contributed by atoms with Gasteiger partial charge in [0.1, 0.15) is 0 Å². The molecule has 0 aliphatic heterocycles. The summed E-state index contributed by atoms with van der Waals surface area (Å²) in [5, 5.41) is 24.8. The molecular formula is C9H16O3Zr. The van der Waals surface area contributed by atoms with E-state index in [0.29, 0.717) is 0 Å². The Balaban J connectivity index is -0.000000144. The van der Waals surface area contributed by atoms with Crippen LogP contribution in [0.4, 0.5) is 0 Å². The average molecular weight is 263 g/mol. The Morgan fingerprint density at radius 3 is 1.54 bits per heavy atom. The molecule has 0 aromatic heterocycles. The molecule has 0 amide bonds. The number of hydrogen-bond acceptors (Lipinski definition) is 3. The van der Waals surface area contributed by atoms with Crippen molar-refractivity contribution >= 4 is 0 Å². The van der Waals surface area contributed by atoms with Crippen molar-refractivity contribution in [2.24, 2.45) is 0 Å². The van der Waals surface area contributed by atoms with E-state index in [0.717, 1.165) is 21.3 Å². The van der Waals surface area contributed by atoms with Crippen LogP contribution in [0.2, 0.25) is 0 Å². The van der Waals surface area contributed by atoms with E-state index in [4.69, 9.17) is 15.3 Å². The van der Waals surface area contributed by atoms with Crippen LogP contribution in [-0.2, 0) is 24.7 Å². The second-order valence-corrected chi connectivity index (χ2v) is 3.25. The van der Waals surface area contributed by atoms with Gasteiger partial charge in [0.2, 0.25) is 0 Å². The van der Waals surface area contributed by atoms with E-state index in [1.54, 1.807) is 28.0 Å². The van der Waals surface area contributed by atoms with E-state index >= 15 is 0 Å². The molecule has 74 valence electrons. The first-order chi connectivity index (χ1) is 6.30. The summed E-state index contributed by atoms with van der Waals surface area (Å²) in [6.45, 7) is 2.17. The molecule has 0 aromatic rings. The smallest absolute Gasteiger partial charge is 0.153 e. The van der Waals surface area contributed by atoms with Crippen LogP contribution in [0.15, 0.2) is 21.0 Å². The molecule has 4 heteroatoms. The number of rotatable bonds is 0. The van der Waals surface area contributed by atoms with E-state index < -0.39 is 0 Å². The fourth-order valence-electron chi connectivity index (χ4n) is 0.615. The van der Waals surface area contributed by atoms with Gasteiger partial charge in [0.05, 0.1) is 0 Å². The van der Waals surface area contributed by atoms with Gasteiger partial charge >= 0.3 is 59.1 Å². The topological polar surface area (TPSA) is 69.2 Å². The van der Waals surface area contributed by atoms with Crippen LogP contribution in [-0.4, -0.2) is 21.3 Å². The predicted molar refractivity (Wildman–Crippen MR) is 44.2 cm³/mol. The quantitative estimate of drug-likeness (QED) is 0.545. The molecule has 0 aromatic carbocycles. The van der Waals surface area contributed by atoms with Gasteiger partial charge in [0.25, 0.3) is 0 Å². The zero-order valence-electron chi connectivity index (χ0n) is 8.59. The Labute approximate surface area is 95.6 Å². The second kappa shape index (κ2) is 18.1. The van der Waals surface area contributed by atoms with Crippen molar-refractivity contribution in [1.29, 1.82) is 0 Å². The summed E-state index contributed by atoms with van der Waals surface area (Å²) in [6, 6.07) is 0. The number of allylic oxidation sites excluding steroid dienone is 4. The summed E-state index contributed by atoms with van der Waals surface area (Å²) in [6.07, 6.45) is 5.63. The van der Waals surface area contributed by atoms with Gasteiger partial charge in [-0.1, -0.05) is 0 Å². The fraction of sp³-hybridized carbons (Fsp3) is 0.556. The molecule has 0 spiro atoms. The minimum atomic E-state index is 0.750. The Bertz CT molecular complexity index is 142. The molecule has 13 heavy (non-hydrogen) atoms. The van der Waals surface area contributed by atoms with E-state index in [1.165, 1.54) is 12.0 Å². The maximum absolute atomic E-state index is 8.25. The van der Waals surface area contributed by atoms with Gasteiger partial charge in [-0.05, 0) is 0 Å². The third-order valence-corrected chi connectivity index (χ3v) is 2.64. The van der Waals surface area contributed by atoms with Crippen molar-refractivity contribution in [1.82, 2.24) is 0 Å². The van der Waals surface area contributed by atoms with Gasteiger partial charge in [-0.25, -0.2) is 0 Å². The largest absolute Gasteiger partial charge is 0.857 e. The standard InChI is InChI=1S/C6H7.3CH3O.Zr/c1-6-4-2-3-5-6;3*1-2;/h2,4H,3H2,1H3;3*1H3;/q;3*-1;+3. The monoisotopic (exact) mass is 262 g/mol. The van der Waals surface area contributed by atoms with Crippen molar-refractivity contribution in [3.63, 3.8) is 0 Å². The summed E-state index contributed by atoms with van der Waals surface area (Å²) in [5.74, 6) is 0. The van der Waals surface area contributed by atoms with Gasteiger partial charge < -0.3 is 15.3 Å². The number of hydrogen-bond donors (Lipinski definition) is 0. The molecule has 0 fully saturated rings. The van der Waals surface area contributed by atoms with Crippen LogP contribution in [0.25, 0.3) is 0 Å². The Morgan fingerprint density at radius 1 is 1.08 bits per heavy atom. The molecule has 3 nitrogen and oxygen atoms in total. The minimum Gasteiger partial charge on any atom is -0.857 e. The summed E-state index contributed by atoms with van der Waals surface area (Å²) in [4.78, 5) is 0. The summed E-state index contributed by atoms with van der Waals surface area (Å²) < 4.78 is 1.60. The van der Waals surface area contributed by atoms with Gasteiger partial charge in [-0.3, -0.25) is 0 Å². The average Bonchev–Trinajstić information content (AvgIpc) is 2.61. The Morgan fingerprint density at radius 2 is 1.46 bits per heavy atom. The van der Waals surface area contributed by atoms with Gasteiger partial charge in [0.15, 0.2) is 0 Å². The van der Waals surface area contributed by atoms with Crippen molar-refractivity contribution < 1.29 is 40.0 Å². The SMILES string of the molecule is CC1=[C]([Zr+3])CC=C1.C[O-].C[O-].C[O-]. The van der Waals surface area contributed by atoms with E-state index in [9.17, 15) is 0 Å². The third kappa shape index (κ3) is 12.2. The van der Waals surface area contributed by atoms with Gasteiger partial charge in [-0.2, -0.15) is 21.3 Å². The van der Waals surface area contributed by atoms with Crippen LogP contribution in [0.3, 0.4) is 0 Å². The summed E-state index contributed by atoms with van der Waals surface area (Å²) in [5.41, 5.74) is 1.48. The molecule has 1 aliphatic rings. The van der Waals surface area contributed by atoms with Crippen molar-refractivity contribution in [2.75, 3.05) is 21.3 Å². The first-order valence-electron chi connectivity index (χ1n) is 3.61. The molecule has 0 radical (unpaired) electrons. The van der Waals surface area contributed by atoms with Crippen LogP contribution < -0.4 is 15.3 Å². The van der Waals surface area contributed by atoms with Crippen LogP contribution >= 0.6 is 0 Å². The molecule has 0 unspecified atom stereocenters. The van der Waals surface area contributed by atoms with E-state index in [-0.39, 0.29) is 0 Å². The second-order valence-electron chi connectivity index (χ2n) is 1.77. The first kappa shape index (κ1) is 18.9. The van der Waals surface area contributed by atoms with Gasteiger partial charge in [0, 0.05) is 0 Å². The summed E-state index contributed by atoms with van der Waals surface area (Å²) >= 11 is 1.58. The first-order valence-corrected chi connectivity index (χ1v) is 4.84. The molecule has 0 bridgehead atoms. The van der Waals surface area contributed by atoms with Crippen molar-refractivity contribution in [3.05, 3.63) is 21.0 Å². The van der Waals surface area contributed by atoms with Crippen LogP contribution in [0.1, 0.15) is 13.3 Å². The summed E-state index contributed by atoms with van der Waals surface area (Å²) in [7, 11) is 2.25. The Kier molecular flexibility index (Phi) is 26.4. The molecule has 0 N–H and O–H groups in total. The van der Waals surface area contributed by atoms with E-state index in [1.807, 2.05) is 0 Å². The maximum atomic E-state index is 8.25. The van der Waals surface area contributed by atoms with Gasteiger partial charge in [-0.15, -0.1) is 0 Å². The van der Waals surface area contributed by atoms with Crippen molar-refractivity contribution in [2.45, 2.75) is 13.3 Å². The zero-order valence-corrected chi connectivity index (χ0v) is 11.0.